The van der Waals surface area contributed by atoms with Crippen molar-refractivity contribution >= 4 is 27.9 Å². The number of para-hydroxylation sites is 2. The van der Waals surface area contributed by atoms with E-state index in [9.17, 15) is 9.59 Å². The zero-order valence-electron chi connectivity index (χ0n) is 18.5. The SMILES string of the molecule is Cc1ccc(-c2c3c(=O)n(C)c(=O)n(C)c3c3n2-c2ccccc2N[C@@H]3c2cccs2)cc1. The number of hydrogen-bond acceptors (Lipinski definition) is 4. The van der Waals surface area contributed by atoms with E-state index in [0.717, 1.165) is 38.8 Å². The fraction of sp³-hybridized carbons (Fsp3) is 0.154. The molecule has 0 bridgehead atoms. The highest BCUT2D eigenvalue weighted by atomic mass is 32.1. The van der Waals surface area contributed by atoms with E-state index in [-0.39, 0.29) is 17.3 Å². The van der Waals surface area contributed by atoms with Crippen LogP contribution in [0.1, 0.15) is 22.2 Å². The minimum absolute atomic E-state index is 0.195. The number of thiophene rings is 1. The van der Waals surface area contributed by atoms with Crippen molar-refractivity contribution in [1.82, 2.24) is 13.7 Å². The van der Waals surface area contributed by atoms with Crippen molar-refractivity contribution in [2.75, 3.05) is 5.32 Å². The van der Waals surface area contributed by atoms with Crippen LogP contribution in [0, 0.1) is 6.92 Å². The Balaban J connectivity index is 1.88. The van der Waals surface area contributed by atoms with E-state index in [1.807, 2.05) is 42.6 Å². The molecule has 6 nitrogen and oxygen atoms in total. The maximum absolute atomic E-state index is 13.6. The first kappa shape index (κ1) is 19.8. The van der Waals surface area contributed by atoms with Crippen LogP contribution in [0.25, 0.3) is 27.8 Å². The van der Waals surface area contributed by atoms with Gasteiger partial charge < -0.3 is 9.88 Å². The standard InChI is InChI=1S/C26H22N4O2S/c1-15-10-12-16(13-11-15)22-20-23(28(2)26(32)29(3)25(20)31)24-21(19-9-6-14-33-19)27-17-7-4-5-8-18(17)30(22)24/h4-14,21,27H,1-3H3/t21-/m1/s1. The highest BCUT2D eigenvalue weighted by Gasteiger charge is 2.34. The Hall–Kier alpha value is -3.84. The Bertz CT molecular complexity index is 1650. The van der Waals surface area contributed by atoms with Crippen LogP contribution in [0.5, 0.6) is 0 Å². The summed E-state index contributed by atoms with van der Waals surface area (Å²) >= 11 is 1.65. The Kier molecular flexibility index (Phi) is 4.25. The molecule has 1 N–H and O–H groups in total. The average Bonchev–Trinajstić information content (AvgIpc) is 3.48. The summed E-state index contributed by atoms with van der Waals surface area (Å²) in [5.74, 6) is 0. The van der Waals surface area contributed by atoms with E-state index >= 15 is 0 Å². The molecule has 0 saturated heterocycles. The lowest BCUT2D eigenvalue weighted by Gasteiger charge is -2.30. The first-order valence-corrected chi connectivity index (χ1v) is 11.7. The lowest BCUT2D eigenvalue weighted by Crippen LogP contribution is -2.37. The topological polar surface area (TPSA) is 61.0 Å². The predicted molar refractivity (Wildman–Crippen MR) is 134 cm³/mol. The van der Waals surface area contributed by atoms with Gasteiger partial charge in [-0.3, -0.25) is 13.9 Å². The van der Waals surface area contributed by atoms with Crippen LogP contribution in [0.15, 0.2) is 75.6 Å². The molecule has 1 aliphatic heterocycles. The second-order valence-electron chi connectivity index (χ2n) is 8.47. The van der Waals surface area contributed by atoms with Crippen LogP contribution in [0.3, 0.4) is 0 Å². The van der Waals surface area contributed by atoms with E-state index < -0.39 is 0 Å². The summed E-state index contributed by atoms with van der Waals surface area (Å²) in [6.07, 6.45) is 0. The highest BCUT2D eigenvalue weighted by molar-refractivity contribution is 7.10. The molecule has 0 spiro atoms. The third kappa shape index (κ3) is 2.72. The zero-order chi connectivity index (χ0) is 22.9. The van der Waals surface area contributed by atoms with E-state index in [0.29, 0.717) is 10.9 Å². The van der Waals surface area contributed by atoms with Gasteiger partial charge in [-0.2, -0.15) is 0 Å². The van der Waals surface area contributed by atoms with Gasteiger partial charge in [0.05, 0.1) is 33.7 Å². The van der Waals surface area contributed by atoms with Gasteiger partial charge >= 0.3 is 5.69 Å². The smallest absolute Gasteiger partial charge is 0.331 e. The molecule has 2 aromatic carbocycles. The summed E-state index contributed by atoms with van der Waals surface area (Å²) in [5, 5.41) is 6.27. The number of aromatic nitrogens is 3. The van der Waals surface area contributed by atoms with Gasteiger partial charge in [-0.25, -0.2) is 4.79 Å². The third-order valence-corrected chi connectivity index (χ3v) is 7.42. The molecule has 0 fully saturated rings. The van der Waals surface area contributed by atoms with Gasteiger partial charge in [-0.1, -0.05) is 48.0 Å². The van der Waals surface area contributed by atoms with Gasteiger partial charge in [-0.15, -0.1) is 11.3 Å². The minimum Gasteiger partial charge on any atom is -0.370 e. The molecule has 0 amide bonds. The maximum Gasteiger partial charge on any atom is 0.331 e. The highest BCUT2D eigenvalue weighted by Crippen LogP contribution is 2.46. The summed E-state index contributed by atoms with van der Waals surface area (Å²) in [7, 11) is 3.29. The quantitative estimate of drug-likeness (QED) is 0.425. The van der Waals surface area contributed by atoms with E-state index in [1.54, 1.807) is 30.0 Å². The molecule has 164 valence electrons. The normalized spacial score (nSPS) is 14.7. The molecular formula is C26H22N4O2S. The summed E-state index contributed by atoms with van der Waals surface area (Å²) < 4.78 is 4.98. The molecule has 7 heteroatoms. The molecule has 0 aliphatic carbocycles. The van der Waals surface area contributed by atoms with Gasteiger partial charge in [0.25, 0.3) is 5.56 Å². The molecule has 6 rings (SSSR count). The lowest BCUT2D eigenvalue weighted by atomic mass is 10.1. The molecule has 5 aromatic rings. The van der Waals surface area contributed by atoms with Crippen molar-refractivity contribution in [1.29, 1.82) is 0 Å². The number of anilines is 1. The Morgan fingerprint density at radius 3 is 2.39 bits per heavy atom. The molecule has 3 aromatic heterocycles. The van der Waals surface area contributed by atoms with Crippen LogP contribution in [-0.4, -0.2) is 13.7 Å². The first-order chi connectivity index (χ1) is 16.0. The van der Waals surface area contributed by atoms with Gasteiger partial charge in [0.15, 0.2) is 0 Å². The third-order valence-electron chi connectivity index (χ3n) is 6.48. The van der Waals surface area contributed by atoms with Crippen molar-refractivity contribution in [3.63, 3.8) is 0 Å². The number of rotatable bonds is 2. The van der Waals surface area contributed by atoms with Crippen molar-refractivity contribution < 1.29 is 0 Å². The van der Waals surface area contributed by atoms with Gasteiger partial charge in [0.2, 0.25) is 0 Å². The van der Waals surface area contributed by atoms with Crippen LogP contribution < -0.4 is 16.6 Å². The van der Waals surface area contributed by atoms with Crippen LogP contribution in [-0.2, 0) is 14.1 Å². The van der Waals surface area contributed by atoms with E-state index in [1.165, 1.54) is 4.57 Å². The molecule has 4 heterocycles. The van der Waals surface area contributed by atoms with Crippen LogP contribution in [0.2, 0.25) is 0 Å². The lowest BCUT2D eigenvalue weighted by molar-refractivity contribution is 0.709. The summed E-state index contributed by atoms with van der Waals surface area (Å²) in [4.78, 5) is 27.7. The summed E-state index contributed by atoms with van der Waals surface area (Å²) in [6, 6.07) is 20.2. The first-order valence-electron chi connectivity index (χ1n) is 10.8. The monoisotopic (exact) mass is 454 g/mol. The van der Waals surface area contributed by atoms with Crippen molar-refractivity contribution in [3.8, 4) is 16.9 Å². The summed E-state index contributed by atoms with van der Waals surface area (Å²) in [6.45, 7) is 2.05. The molecule has 33 heavy (non-hydrogen) atoms. The van der Waals surface area contributed by atoms with E-state index in [2.05, 4.69) is 40.2 Å². The number of hydrogen-bond donors (Lipinski definition) is 1. The van der Waals surface area contributed by atoms with E-state index in [4.69, 9.17) is 0 Å². The Morgan fingerprint density at radius 1 is 0.909 bits per heavy atom. The van der Waals surface area contributed by atoms with Crippen molar-refractivity contribution in [2.24, 2.45) is 14.1 Å². The zero-order valence-corrected chi connectivity index (χ0v) is 19.3. The second-order valence-corrected chi connectivity index (χ2v) is 9.45. The number of aryl methyl sites for hydroxylation is 2. The fourth-order valence-corrected chi connectivity index (χ4v) is 5.65. The molecule has 0 unspecified atom stereocenters. The number of nitrogens with one attached hydrogen (secondary N) is 1. The Labute approximate surface area is 194 Å². The molecular weight excluding hydrogens is 432 g/mol. The predicted octanol–water partition coefficient (Wildman–Crippen LogP) is 4.58. The molecule has 1 aliphatic rings. The Morgan fingerprint density at radius 2 is 1.67 bits per heavy atom. The molecule has 0 radical (unpaired) electrons. The van der Waals surface area contributed by atoms with Gasteiger partial charge in [0, 0.05) is 19.0 Å². The number of benzene rings is 2. The number of fused-ring (bicyclic) bond motifs is 5. The largest absolute Gasteiger partial charge is 0.370 e. The van der Waals surface area contributed by atoms with Crippen molar-refractivity contribution in [3.05, 3.63) is 103 Å². The van der Waals surface area contributed by atoms with Crippen LogP contribution >= 0.6 is 11.3 Å². The minimum atomic E-state index is -0.333. The van der Waals surface area contributed by atoms with Crippen molar-refractivity contribution in [2.45, 2.75) is 13.0 Å². The molecule has 1 atom stereocenters. The summed E-state index contributed by atoms with van der Waals surface area (Å²) in [5.41, 5.74) is 5.79. The maximum atomic E-state index is 13.6. The van der Waals surface area contributed by atoms with Gasteiger partial charge in [0.1, 0.15) is 6.04 Å². The fourth-order valence-electron chi connectivity index (χ4n) is 4.87. The van der Waals surface area contributed by atoms with Crippen LogP contribution in [0.4, 0.5) is 5.69 Å². The van der Waals surface area contributed by atoms with Gasteiger partial charge in [-0.05, 0) is 36.1 Å². The second kappa shape index (κ2) is 7.08. The average molecular weight is 455 g/mol. The number of nitrogens with zero attached hydrogens (tertiary/aromatic N) is 3. The molecule has 0 saturated carbocycles.